The summed E-state index contributed by atoms with van der Waals surface area (Å²) < 4.78 is 24.3. The van der Waals surface area contributed by atoms with E-state index in [1.807, 2.05) is 11.1 Å². The third-order valence-corrected chi connectivity index (χ3v) is 4.09. The molecule has 0 aliphatic carbocycles. The minimum atomic E-state index is -3.65. The van der Waals surface area contributed by atoms with Crippen LogP contribution in [0.25, 0.3) is 11.0 Å². The molecule has 1 aliphatic rings. The summed E-state index contributed by atoms with van der Waals surface area (Å²) in [6.07, 6.45) is 4.32. The second-order valence-corrected chi connectivity index (χ2v) is 6.18. The molecular formula is C11H16N6O2S. The van der Waals surface area contributed by atoms with Gasteiger partial charge in [0.05, 0.1) is 11.4 Å². The number of nitrogens with two attached hydrogens (primary N) is 1. The largest absolute Gasteiger partial charge is 0.353 e. The highest BCUT2D eigenvalue weighted by Gasteiger charge is 2.31. The summed E-state index contributed by atoms with van der Waals surface area (Å²) in [5.74, 6) is 0.834. The summed E-state index contributed by atoms with van der Waals surface area (Å²) in [7, 11) is -3.65. The fourth-order valence-electron chi connectivity index (χ4n) is 2.49. The quantitative estimate of drug-likeness (QED) is 0.703. The van der Waals surface area contributed by atoms with Crippen molar-refractivity contribution in [3.8, 4) is 0 Å². The molecular weight excluding hydrogens is 280 g/mol. The number of aryl methyl sites for hydroxylation is 1. The van der Waals surface area contributed by atoms with Crippen LogP contribution in [0.3, 0.4) is 0 Å². The van der Waals surface area contributed by atoms with Gasteiger partial charge in [-0.25, -0.2) is 15.1 Å². The number of rotatable bonds is 4. The van der Waals surface area contributed by atoms with Crippen LogP contribution >= 0.6 is 0 Å². The normalized spacial score (nSPS) is 16.6. The summed E-state index contributed by atoms with van der Waals surface area (Å²) in [6, 6.07) is -0.168. The van der Waals surface area contributed by atoms with E-state index in [1.165, 1.54) is 6.33 Å². The Balaban J connectivity index is 1.84. The summed E-state index contributed by atoms with van der Waals surface area (Å²) in [5.41, 5.74) is 1.95. The van der Waals surface area contributed by atoms with E-state index in [-0.39, 0.29) is 6.04 Å². The molecule has 0 amide bonds. The predicted molar refractivity (Wildman–Crippen MR) is 75.5 cm³/mol. The van der Waals surface area contributed by atoms with E-state index in [1.54, 1.807) is 0 Å². The fourth-order valence-corrected chi connectivity index (χ4v) is 3.10. The highest BCUT2D eigenvalue weighted by molar-refractivity contribution is 7.87. The SMILES string of the molecule is CCc1c[nH]c2ncnc(N3CC(NS(N)(=O)=O)C3)c12. The van der Waals surface area contributed by atoms with Crippen LogP contribution in [0.1, 0.15) is 12.5 Å². The molecule has 1 aliphatic heterocycles. The first-order valence-electron chi connectivity index (χ1n) is 6.34. The average Bonchev–Trinajstić information content (AvgIpc) is 2.75. The van der Waals surface area contributed by atoms with E-state index in [0.717, 1.165) is 28.8 Å². The lowest BCUT2D eigenvalue weighted by molar-refractivity contribution is 0.467. The lowest BCUT2D eigenvalue weighted by atomic mass is 10.1. The zero-order chi connectivity index (χ0) is 14.3. The maximum Gasteiger partial charge on any atom is 0.274 e. The molecule has 0 unspecified atom stereocenters. The van der Waals surface area contributed by atoms with Gasteiger partial charge in [0, 0.05) is 19.3 Å². The molecule has 1 fully saturated rings. The van der Waals surface area contributed by atoms with E-state index >= 15 is 0 Å². The van der Waals surface area contributed by atoms with Gasteiger partial charge < -0.3 is 9.88 Å². The Kier molecular flexibility index (Phi) is 3.11. The summed E-state index contributed by atoms with van der Waals surface area (Å²) >= 11 is 0. The zero-order valence-electron chi connectivity index (χ0n) is 11.0. The third-order valence-electron chi connectivity index (χ3n) is 3.42. The number of fused-ring (bicyclic) bond motifs is 1. The monoisotopic (exact) mass is 296 g/mol. The van der Waals surface area contributed by atoms with Gasteiger partial charge in [-0.15, -0.1) is 0 Å². The van der Waals surface area contributed by atoms with Gasteiger partial charge in [0.15, 0.2) is 0 Å². The first-order valence-corrected chi connectivity index (χ1v) is 7.88. The Labute approximate surface area is 116 Å². The molecule has 0 atom stereocenters. The smallest absolute Gasteiger partial charge is 0.274 e. The van der Waals surface area contributed by atoms with Gasteiger partial charge in [0.25, 0.3) is 10.2 Å². The first-order chi connectivity index (χ1) is 9.48. The molecule has 3 rings (SSSR count). The van der Waals surface area contributed by atoms with E-state index in [2.05, 4.69) is 26.6 Å². The molecule has 8 nitrogen and oxygen atoms in total. The third kappa shape index (κ3) is 2.35. The van der Waals surface area contributed by atoms with Crippen molar-refractivity contribution in [3.05, 3.63) is 18.1 Å². The molecule has 4 N–H and O–H groups in total. The highest BCUT2D eigenvalue weighted by Crippen LogP contribution is 2.29. The molecule has 20 heavy (non-hydrogen) atoms. The molecule has 9 heteroatoms. The molecule has 0 spiro atoms. The number of aromatic nitrogens is 3. The molecule has 0 bridgehead atoms. The number of H-pyrrole nitrogens is 1. The summed E-state index contributed by atoms with van der Waals surface area (Å²) in [4.78, 5) is 13.7. The van der Waals surface area contributed by atoms with Crippen molar-refractivity contribution in [2.75, 3.05) is 18.0 Å². The van der Waals surface area contributed by atoms with Gasteiger partial charge >= 0.3 is 0 Å². The van der Waals surface area contributed by atoms with Crippen LogP contribution in [0.2, 0.25) is 0 Å². The maximum atomic E-state index is 11.0. The van der Waals surface area contributed by atoms with Crippen LogP contribution in [0, 0.1) is 0 Å². The van der Waals surface area contributed by atoms with Crippen LogP contribution in [0.15, 0.2) is 12.5 Å². The molecule has 2 aromatic heterocycles. The minimum absolute atomic E-state index is 0.168. The number of nitrogens with zero attached hydrogens (tertiary/aromatic N) is 3. The summed E-state index contributed by atoms with van der Waals surface area (Å²) in [6.45, 7) is 3.18. The van der Waals surface area contributed by atoms with Crippen LogP contribution in [-0.4, -0.2) is 42.5 Å². The standard InChI is InChI=1S/C11H16N6O2S/c1-2-7-3-13-10-9(7)11(15-6-14-10)17-4-8(5-17)16-20(12,18)19/h3,6,8,16H,2,4-5H2,1H3,(H2,12,18,19)(H,13,14,15). The molecule has 108 valence electrons. The number of hydrogen-bond donors (Lipinski definition) is 3. The number of nitrogens with one attached hydrogen (secondary N) is 2. The Hall–Kier alpha value is -1.71. The van der Waals surface area contributed by atoms with Crippen molar-refractivity contribution in [1.29, 1.82) is 0 Å². The molecule has 1 saturated heterocycles. The lowest BCUT2D eigenvalue weighted by Gasteiger charge is -2.40. The van der Waals surface area contributed by atoms with Crippen molar-refractivity contribution in [2.24, 2.45) is 5.14 Å². The number of anilines is 1. The van der Waals surface area contributed by atoms with Crippen molar-refractivity contribution in [3.63, 3.8) is 0 Å². The Morgan fingerprint density at radius 2 is 2.25 bits per heavy atom. The van der Waals surface area contributed by atoms with Gasteiger partial charge in [-0.3, -0.25) is 0 Å². The Morgan fingerprint density at radius 1 is 1.50 bits per heavy atom. The zero-order valence-corrected chi connectivity index (χ0v) is 11.8. The first kappa shape index (κ1) is 13.3. The number of hydrogen-bond acceptors (Lipinski definition) is 5. The fraction of sp³-hybridized carbons (Fsp3) is 0.455. The molecule has 0 saturated carbocycles. The number of aromatic amines is 1. The summed E-state index contributed by atoms with van der Waals surface area (Å²) in [5, 5.41) is 5.97. The maximum absolute atomic E-state index is 11.0. The second-order valence-electron chi connectivity index (χ2n) is 4.85. The molecule has 3 heterocycles. The highest BCUT2D eigenvalue weighted by atomic mass is 32.2. The molecule has 0 aromatic carbocycles. The van der Waals surface area contributed by atoms with Crippen molar-refractivity contribution >= 4 is 27.1 Å². The predicted octanol–water partition coefficient (Wildman–Crippen LogP) is -0.498. The van der Waals surface area contributed by atoms with Gasteiger partial charge in [0.1, 0.15) is 17.8 Å². The van der Waals surface area contributed by atoms with E-state index in [4.69, 9.17) is 5.14 Å². The van der Waals surface area contributed by atoms with Crippen LogP contribution in [-0.2, 0) is 16.6 Å². The Bertz CT molecular complexity index is 734. The van der Waals surface area contributed by atoms with Crippen molar-refractivity contribution < 1.29 is 8.42 Å². The molecule has 0 radical (unpaired) electrons. The van der Waals surface area contributed by atoms with Crippen LogP contribution in [0.4, 0.5) is 5.82 Å². The Morgan fingerprint density at radius 3 is 2.90 bits per heavy atom. The van der Waals surface area contributed by atoms with Gasteiger partial charge in [0.2, 0.25) is 0 Å². The average molecular weight is 296 g/mol. The lowest BCUT2D eigenvalue weighted by Crippen LogP contribution is -2.60. The van der Waals surface area contributed by atoms with E-state index < -0.39 is 10.2 Å². The van der Waals surface area contributed by atoms with Crippen molar-refractivity contribution in [1.82, 2.24) is 19.7 Å². The molecule has 2 aromatic rings. The van der Waals surface area contributed by atoms with E-state index in [0.29, 0.717) is 13.1 Å². The topological polar surface area (TPSA) is 117 Å². The van der Waals surface area contributed by atoms with Gasteiger partial charge in [-0.2, -0.15) is 13.1 Å². The van der Waals surface area contributed by atoms with Crippen molar-refractivity contribution in [2.45, 2.75) is 19.4 Å². The van der Waals surface area contributed by atoms with E-state index in [9.17, 15) is 8.42 Å². The minimum Gasteiger partial charge on any atom is -0.353 e. The van der Waals surface area contributed by atoms with Crippen LogP contribution in [0.5, 0.6) is 0 Å². The van der Waals surface area contributed by atoms with Gasteiger partial charge in [-0.05, 0) is 12.0 Å². The van der Waals surface area contributed by atoms with Gasteiger partial charge in [-0.1, -0.05) is 6.92 Å². The second kappa shape index (κ2) is 4.69. The van der Waals surface area contributed by atoms with Crippen LogP contribution < -0.4 is 14.8 Å².